The minimum absolute atomic E-state index is 0. The number of carbonyl (C=O) groups excluding carboxylic acids is 1. The van der Waals surface area contributed by atoms with E-state index in [1.807, 2.05) is 24.3 Å². The molecule has 0 aliphatic carbocycles. The predicted octanol–water partition coefficient (Wildman–Crippen LogP) is 2.89. The lowest BCUT2D eigenvalue weighted by Crippen LogP contribution is -2.39. The fourth-order valence-corrected chi connectivity index (χ4v) is 2.96. The molecule has 0 aliphatic heterocycles. The number of carbonyl (C=O) groups is 1. The van der Waals surface area contributed by atoms with Crippen LogP contribution in [0, 0.1) is 0 Å². The van der Waals surface area contributed by atoms with Gasteiger partial charge in [0, 0.05) is 12.6 Å². The highest BCUT2D eigenvalue weighted by molar-refractivity contribution is 8.00. The molecular weight excluding hydrogens is 332 g/mol. The van der Waals surface area contributed by atoms with Gasteiger partial charge < -0.3 is 15.6 Å². The largest absolute Gasteiger partial charge is 0.354 e. The number of thioether (sulfide) groups is 1. The molecule has 0 fully saturated rings. The van der Waals surface area contributed by atoms with Gasteiger partial charge in [0.25, 0.3) is 0 Å². The van der Waals surface area contributed by atoms with E-state index in [9.17, 15) is 4.79 Å². The third-order valence-corrected chi connectivity index (χ3v) is 4.57. The second-order valence-electron chi connectivity index (χ2n) is 5.36. The van der Waals surface area contributed by atoms with Crippen molar-refractivity contribution in [2.75, 3.05) is 18.8 Å². The van der Waals surface area contributed by atoms with E-state index in [-0.39, 0.29) is 23.6 Å². The zero-order valence-electron chi connectivity index (χ0n) is 13.8. The Labute approximate surface area is 147 Å². The predicted molar refractivity (Wildman–Crippen MR) is 100 cm³/mol. The molecule has 1 aromatic carbocycles. The number of para-hydroxylation sites is 2. The molecular formula is C16H25ClN4OS. The Kier molecular flexibility index (Phi) is 8.44. The van der Waals surface area contributed by atoms with Gasteiger partial charge in [-0.2, -0.15) is 0 Å². The fourth-order valence-electron chi connectivity index (χ4n) is 2.18. The SMILES string of the molecule is CCN[C@H](C)CNC(=O)CSC(C)c1nc2ccccc2[nH]1.Cl. The Morgan fingerprint density at radius 2 is 2.09 bits per heavy atom. The molecule has 0 radical (unpaired) electrons. The molecule has 0 spiro atoms. The van der Waals surface area contributed by atoms with Gasteiger partial charge in [0.15, 0.2) is 0 Å². The molecule has 0 aliphatic rings. The van der Waals surface area contributed by atoms with E-state index >= 15 is 0 Å². The highest BCUT2D eigenvalue weighted by Gasteiger charge is 2.13. The number of aromatic nitrogens is 2. The molecule has 2 rings (SSSR count). The van der Waals surface area contributed by atoms with Gasteiger partial charge in [-0.15, -0.1) is 24.2 Å². The second kappa shape index (κ2) is 9.80. The van der Waals surface area contributed by atoms with E-state index in [0.717, 1.165) is 23.4 Å². The van der Waals surface area contributed by atoms with Crippen molar-refractivity contribution in [2.24, 2.45) is 0 Å². The summed E-state index contributed by atoms with van der Waals surface area (Å²) in [5.41, 5.74) is 2.00. The Hall–Kier alpha value is -1.24. The molecule has 5 nitrogen and oxygen atoms in total. The van der Waals surface area contributed by atoms with Crippen molar-refractivity contribution in [3.05, 3.63) is 30.1 Å². The first kappa shape index (κ1) is 19.8. The Balaban J connectivity index is 0.00000264. The van der Waals surface area contributed by atoms with Crippen LogP contribution in [-0.2, 0) is 4.79 Å². The average Bonchev–Trinajstić information content (AvgIpc) is 2.95. The van der Waals surface area contributed by atoms with Crippen molar-refractivity contribution < 1.29 is 4.79 Å². The fraction of sp³-hybridized carbons (Fsp3) is 0.500. The number of amides is 1. The van der Waals surface area contributed by atoms with Gasteiger partial charge in [-0.3, -0.25) is 4.79 Å². The molecule has 1 amide bonds. The summed E-state index contributed by atoms with van der Waals surface area (Å²) in [4.78, 5) is 19.8. The van der Waals surface area contributed by atoms with Crippen LogP contribution in [0.25, 0.3) is 11.0 Å². The molecule has 1 unspecified atom stereocenters. The highest BCUT2D eigenvalue weighted by Crippen LogP contribution is 2.27. The van der Waals surface area contributed by atoms with E-state index in [1.165, 1.54) is 0 Å². The van der Waals surface area contributed by atoms with E-state index in [2.05, 4.69) is 41.4 Å². The number of nitrogens with zero attached hydrogens (tertiary/aromatic N) is 1. The number of H-pyrrole nitrogens is 1. The normalized spacial score (nSPS) is 13.3. The van der Waals surface area contributed by atoms with Crippen LogP contribution in [-0.4, -0.2) is 40.8 Å². The lowest BCUT2D eigenvalue weighted by Gasteiger charge is -2.13. The van der Waals surface area contributed by atoms with Crippen molar-refractivity contribution in [1.29, 1.82) is 0 Å². The summed E-state index contributed by atoms with van der Waals surface area (Å²) in [6, 6.07) is 8.26. The quantitative estimate of drug-likeness (QED) is 0.680. The lowest BCUT2D eigenvalue weighted by atomic mass is 10.3. The molecule has 7 heteroatoms. The molecule has 0 saturated carbocycles. The number of benzene rings is 1. The topological polar surface area (TPSA) is 69.8 Å². The molecule has 1 heterocycles. The van der Waals surface area contributed by atoms with Gasteiger partial charge in [-0.25, -0.2) is 4.98 Å². The Bertz CT molecular complexity index is 586. The van der Waals surface area contributed by atoms with Crippen LogP contribution in [0.3, 0.4) is 0 Å². The lowest BCUT2D eigenvalue weighted by molar-refractivity contribution is -0.118. The molecule has 3 N–H and O–H groups in total. The van der Waals surface area contributed by atoms with Crippen molar-refractivity contribution >= 4 is 41.1 Å². The number of halogens is 1. The molecule has 0 bridgehead atoms. The summed E-state index contributed by atoms with van der Waals surface area (Å²) in [6.07, 6.45) is 0. The third-order valence-electron chi connectivity index (χ3n) is 3.42. The first-order chi connectivity index (χ1) is 10.6. The summed E-state index contributed by atoms with van der Waals surface area (Å²) < 4.78 is 0. The maximum absolute atomic E-state index is 11.9. The van der Waals surface area contributed by atoms with Crippen LogP contribution in [0.4, 0.5) is 0 Å². The Morgan fingerprint density at radius 1 is 1.35 bits per heavy atom. The summed E-state index contributed by atoms with van der Waals surface area (Å²) in [5, 5.41) is 6.37. The number of hydrogen-bond donors (Lipinski definition) is 3. The summed E-state index contributed by atoms with van der Waals surface area (Å²) in [5.74, 6) is 1.43. The van der Waals surface area contributed by atoms with Crippen LogP contribution >= 0.6 is 24.2 Å². The molecule has 2 aromatic rings. The number of fused-ring (bicyclic) bond motifs is 1. The van der Waals surface area contributed by atoms with Gasteiger partial charge in [0.1, 0.15) is 5.82 Å². The zero-order chi connectivity index (χ0) is 15.9. The van der Waals surface area contributed by atoms with Crippen molar-refractivity contribution in [3.63, 3.8) is 0 Å². The summed E-state index contributed by atoms with van der Waals surface area (Å²) >= 11 is 1.59. The number of aromatic amines is 1. The van der Waals surface area contributed by atoms with Crippen LogP contribution in [0.15, 0.2) is 24.3 Å². The van der Waals surface area contributed by atoms with Gasteiger partial charge in [0.2, 0.25) is 5.91 Å². The number of hydrogen-bond acceptors (Lipinski definition) is 4. The van der Waals surface area contributed by atoms with Crippen molar-refractivity contribution in [3.8, 4) is 0 Å². The van der Waals surface area contributed by atoms with Gasteiger partial charge in [-0.05, 0) is 32.5 Å². The van der Waals surface area contributed by atoms with E-state index in [0.29, 0.717) is 18.3 Å². The third kappa shape index (κ3) is 6.05. The average molecular weight is 357 g/mol. The number of rotatable bonds is 8. The van der Waals surface area contributed by atoms with Crippen LogP contribution in [0.1, 0.15) is 31.8 Å². The maximum Gasteiger partial charge on any atom is 0.230 e. The first-order valence-electron chi connectivity index (χ1n) is 7.66. The van der Waals surface area contributed by atoms with Crippen molar-refractivity contribution in [2.45, 2.75) is 32.1 Å². The standard InChI is InChI=1S/C16H24N4OS.ClH/c1-4-17-11(2)9-18-15(21)10-22-12(3)16-19-13-7-5-6-8-14(13)20-16;/h5-8,11-12,17H,4,9-10H2,1-3H3,(H,18,21)(H,19,20);1H/t11-,12?;/m1./s1. The molecule has 1 aromatic heterocycles. The zero-order valence-corrected chi connectivity index (χ0v) is 15.4. The minimum atomic E-state index is 0. The van der Waals surface area contributed by atoms with Crippen LogP contribution < -0.4 is 10.6 Å². The monoisotopic (exact) mass is 356 g/mol. The number of imidazole rings is 1. The maximum atomic E-state index is 11.9. The summed E-state index contributed by atoms with van der Waals surface area (Å²) in [7, 11) is 0. The van der Waals surface area contributed by atoms with Gasteiger partial charge >= 0.3 is 0 Å². The molecule has 0 saturated heterocycles. The second-order valence-corrected chi connectivity index (χ2v) is 6.68. The highest BCUT2D eigenvalue weighted by atomic mass is 35.5. The Morgan fingerprint density at radius 3 is 2.78 bits per heavy atom. The van der Waals surface area contributed by atoms with Crippen LogP contribution in [0.2, 0.25) is 0 Å². The minimum Gasteiger partial charge on any atom is -0.354 e. The van der Waals surface area contributed by atoms with Crippen LogP contribution in [0.5, 0.6) is 0 Å². The number of nitrogens with one attached hydrogen (secondary N) is 3. The number of likely N-dealkylation sites (N-methyl/N-ethyl adjacent to an activating group) is 1. The molecule has 23 heavy (non-hydrogen) atoms. The smallest absolute Gasteiger partial charge is 0.230 e. The summed E-state index contributed by atoms with van der Waals surface area (Å²) in [6.45, 7) is 7.76. The molecule has 128 valence electrons. The first-order valence-corrected chi connectivity index (χ1v) is 8.71. The van der Waals surface area contributed by atoms with E-state index < -0.39 is 0 Å². The van der Waals surface area contributed by atoms with E-state index in [4.69, 9.17) is 0 Å². The van der Waals surface area contributed by atoms with E-state index in [1.54, 1.807) is 11.8 Å². The van der Waals surface area contributed by atoms with Gasteiger partial charge in [-0.1, -0.05) is 19.1 Å². The van der Waals surface area contributed by atoms with Gasteiger partial charge in [0.05, 0.1) is 22.0 Å². The van der Waals surface area contributed by atoms with Crippen molar-refractivity contribution in [1.82, 2.24) is 20.6 Å². The molecule has 2 atom stereocenters.